The molecule has 0 N–H and O–H groups in total. The van der Waals surface area contributed by atoms with Crippen LogP contribution in [0, 0.1) is 0 Å². The zero-order valence-corrected chi connectivity index (χ0v) is 16.6. The molecule has 5 heteroatoms. The van der Waals surface area contributed by atoms with E-state index in [0.29, 0.717) is 11.3 Å². The minimum Gasteiger partial charge on any atom is -0.465 e. The van der Waals surface area contributed by atoms with Gasteiger partial charge in [0.05, 0.1) is 19.9 Å². The predicted molar refractivity (Wildman–Crippen MR) is 115 cm³/mol. The molecule has 0 aliphatic rings. The highest BCUT2D eigenvalue weighted by Crippen LogP contribution is 2.34. The number of nitrogens with zero attached hydrogens (tertiary/aromatic N) is 1. The summed E-state index contributed by atoms with van der Waals surface area (Å²) in [5.74, 6) is -1.35. The van der Waals surface area contributed by atoms with E-state index >= 15 is 0 Å². The van der Waals surface area contributed by atoms with Crippen molar-refractivity contribution in [2.24, 2.45) is 0 Å². The van der Waals surface area contributed by atoms with Gasteiger partial charge in [-0.2, -0.15) is 0 Å². The highest BCUT2D eigenvalue weighted by atomic mass is 16.5. The molecule has 4 rings (SSSR count). The maximum Gasteiger partial charge on any atom is 0.357 e. The molecule has 0 aliphatic heterocycles. The minimum atomic E-state index is -0.699. The second-order valence-corrected chi connectivity index (χ2v) is 6.65. The van der Waals surface area contributed by atoms with Gasteiger partial charge in [0.2, 0.25) is 0 Å². The third kappa shape index (κ3) is 3.42. The Kier molecular flexibility index (Phi) is 5.26. The molecule has 1 aromatic heterocycles. The van der Waals surface area contributed by atoms with Crippen molar-refractivity contribution < 1.29 is 19.1 Å². The third-order valence-corrected chi connectivity index (χ3v) is 4.94. The van der Waals surface area contributed by atoms with Crippen molar-refractivity contribution in [3.05, 3.63) is 90.1 Å². The number of ether oxygens (including phenoxy) is 2. The number of carbonyl (C=O) groups excluding carboxylic acids is 2. The molecule has 0 fully saturated rings. The predicted octanol–water partition coefficient (Wildman–Crippen LogP) is 5.14. The van der Waals surface area contributed by atoms with Crippen LogP contribution in [-0.4, -0.2) is 31.1 Å². The number of methoxy groups -OCH3 is 2. The molecule has 0 bridgehead atoms. The molecule has 1 heterocycles. The zero-order chi connectivity index (χ0) is 21.1. The Bertz CT molecular complexity index is 1240. The van der Waals surface area contributed by atoms with E-state index in [0.717, 1.165) is 21.9 Å². The van der Waals surface area contributed by atoms with Gasteiger partial charge in [-0.05, 0) is 22.4 Å². The molecule has 0 saturated heterocycles. The molecule has 0 atom stereocenters. The average Bonchev–Trinajstić information content (AvgIpc) is 2.82. The van der Waals surface area contributed by atoms with Crippen LogP contribution in [-0.2, 0) is 9.47 Å². The number of aromatic nitrogens is 1. The van der Waals surface area contributed by atoms with Crippen molar-refractivity contribution in [2.75, 3.05) is 14.2 Å². The standard InChI is InChI=1S/C25H19NO4/c1-29-24(27)22-20(17-9-4-3-5-10-17)15-21(26-23(22)25(28)30-2)19-14-8-12-16-11-6-7-13-18(16)19/h3-15H,1-2H3. The van der Waals surface area contributed by atoms with Crippen molar-refractivity contribution in [2.45, 2.75) is 0 Å². The van der Waals surface area contributed by atoms with E-state index in [4.69, 9.17) is 9.47 Å². The average molecular weight is 397 g/mol. The van der Waals surface area contributed by atoms with Gasteiger partial charge < -0.3 is 9.47 Å². The van der Waals surface area contributed by atoms with Gasteiger partial charge in [0.1, 0.15) is 5.56 Å². The van der Waals surface area contributed by atoms with Gasteiger partial charge in [-0.25, -0.2) is 14.6 Å². The number of carbonyl (C=O) groups is 2. The van der Waals surface area contributed by atoms with Crippen molar-refractivity contribution in [3.8, 4) is 22.4 Å². The number of benzene rings is 3. The lowest BCUT2D eigenvalue weighted by Crippen LogP contribution is -2.16. The number of hydrogen-bond donors (Lipinski definition) is 0. The summed E-state index contributed by atoms with van der Waals surface area (Å²) in [5, 5.41) is 2.04. The summed E-state index contributed by atoms with van der Waals surface area (Å²) < 4.78 is 9.89. The summed E-state index contributed by atoms with van der Waals surface area (Å²) in [6.07, 6.45) is 0. The van der Waals surface area contributed by atoms with Crippen molar-refractivity contribution >= 4 is 22.7 Å². The lowest BCUT2D eigenvalue weighted by molar-refractivity contribution is 0.0550. The molecule has 0 aliphatic carbocycles. The first kappa shape index (κ1) is 19.3. The number of pyridine rings is 1. The van der Waals surface area contributed by atoms with E-state index in [9.17, 15) is 9.59 Å². The number of hydrogen-bond acceptors (Lipinski definition) is 5. The van der Waals surface area contributed by atoms with E-state index in [1.54, 1.807) is 0 Å². The second-order valence-electron chi connectivity index (χ2n) is 6.65. The molecule has 0 saturated carbocycles. The Morgan fingerprint density at radius 3 is 2.13 bits per heavy atom. The topological polar surface area (TPSA) is 65.5 Å². The highest BCUT2D eigenvalue weighted by molar-refractivity contribution is 6.08. The monoisotopic (exact) mass is 397 g/mol. The SMILES string of the molecule is COC(=O)c1nc(-c2cccc3ccccc23)cc(-c2ccccc2)c1C(=O)OC. The molecular formula is C25H19NO4. The van der Waals surface area contributed by atoms with E-state index < -0.39 is 11.9 Å². The molecule has 5 nitrogen and oxygen atoms in total. The van der Waals surface area contributed by atoms with Crippen LogP contribution in [0.1, 0.15) is 20.8 Å². The van der Waals surface area contributed by atoms with Gasteiger partial charge in [-0.3, -0.25) is 0 Å². The Labute approximate surface area is 173 Å². The number of fused-ring (bicyclic) bond motifs is 1. The fraction of sp³-hybridized carbons (Fsp3) is 0.0800. The summed E-state index contributed by atoms with van der Waals surface area (Å²) in [6, 6.07) is 25.0. The molecule has 0 spiro atoms. The lowest BCUT2D eigenvalue weighted by Gasteiger charge is -2.15. The molecule has 0 amide bonds. The molecular weight excluding hydrogens is 378 g/mol. The van der Waals surface area contributed by atoms with Crippen LogP contribution in [0.3, 0.4) is 0 Å². The van der Waals surface area contributed by atoms with Crippen LogP contribution in [0.15, 0.2) is 78.9 Å². The Balaban J connectivity index is 2.08. The highest BCUT2D eigenvalue weighted by Gasteiger charge is 2.26. The maximum atomic E-state index is 12.6. The van der Waals surface area contributed by atoms with Gasteiger partial charge >= 0.3 is 11.9 Å². The molecule has 30 heavy (non-hydrogen) atoms. The first-order valence-electron chi connectivity index (χ1n) is 9.39. The van der Waals surface area contributed by atoms with Crippen molar-refractivity contribution in [1.82, 2.24) is 4.98 Å². The van der Waals surface area contributed by atoms with Crippen molar-refractivity contribution in [3.63, 3.8) is 0 Å². The van der Waals surface area contributed by atoms with Gasteiger partial charge in [-0.1, -0.05) is 72.8 Å². The summed E-state index contributed by atoms with van der Waals surface area (Å²) in [5.41, 5.74) is 2.76. The quantitative estimate of drug-likeness (QED) is 0.446. The van der Waals surface area contributed by atoms with Crippen LogP contribution in [0.4, 0.5) is 0 Å². The summed E-state index contributed by atoms with van der Waals surface area (Å²) >= 11 is 0. The third-order valence-electron chi connectivity index (χ3n) is 4.94. The maximum absolute atomic E-state index is 12.6. The minimum absolute atomic E-state index is 0.0753. The Morgan fingerprint density at radius 2 is 1.40 bits per heavy atom. The van der Waals surface area contributed by atoms with Gasteiger partial charge in [0.25, 0.3) is 0 Å². The lowest BCUT2D eigenvalue weighted by atomic mass is 9.94. The van der Waals surface area contributed by atoms with Crippen molar-refractivity contribution in [1.29, 1.82) is 0 Å². The largest absolute Gasteiger partial charge is 0.465 e. The molecule has 148 valence electrons. The smallest absolute Gasteiger partial charge is 0.357 e. The normalized spacial score (nSPS) is 10.6. The first-order chi connectivity index (χ1) is 14.6. The Morgan fingerprint density at radius 1 is 0.733 bits per heavy atom. The fourth-order valence-corrected chi connectivity index (χ4v) is 3.53. The van der Waals surface area contributed by atoms with Crippen LogP contribution in [0.5, 0.6) is 0 Å². The van der Waals surface area contributed by atoms with Gasteiger partial charge in [0.15, 0.2) is 5.69 Å². The Hall–Kier alpha value is -3.99. The number of rotatable bonds is 4. The van der Waals surface area contributed by atoms with Crippen LogP contribution in [0.25, 0.3) is 33.2 Å². The fourth-order valence-electron chi connectivity index (χ4n) is 3.53. The van der Waals surface area contributed by atoms with E-state index in [1.807, 2.05) is 78.9 Å². The van der Waals surface area contributed by atoms with Crippen LogP contribution >= 0.6 is 0 Å². The molecule has 0 unspecified atom stereocenters. The first-order valence-corrected chi connectivity index (χ1v) is 9.39. The summed E-state index contributed by atoms with van der Waals surface area (Å²) in [6.45, 7) is 0. The zero-order valence-electron chi connectivity index (χ0n) is 16.6. The second kappa shape index (κ2) is 8.17. The van der Waals surface area contributed by atoms with Crippen LogP contribution in [0.2, 0.25) is 0 Å². The summed E-state index contributed by atoms with van der Waals surface area (Å²) in [7, 11) is 2.54. The van der Waals surface area contributed by atoms with E-state index in [2.05, 4.69) is 4.98 Å². The van der Waals surface area contributed by atoms with Gasteiger partial charge in [0, 0.05) is 11.1 Å². The summed E-state index contributed by atoms with van der Waals surface area (Å²) in [4.78, 5) is 29.8. The number of esters is 2. The molecule has 4 aromatic rings. The molecule has 0 radical (unpaired) electrons. The van der Waals surface area contributed by atoms with E-state index in [-0.39, 0.29) is 11.3 Å². The van der Waals surface area contributed by atoms with Gasteiger partial charge in [-0.15, -0.1) is 0 Å². The molecule has 3 aromatic carbocycles. The van der Waals surface area contributed by atoms with E-state index in [1.165, 1.54) is 14.2 Å². The van der Waals surface area contributed by atoms with Crippen LogP contribution < -0.4 is 0 Å².